The summed E-state index contributed by atoms with van der Waals surface area (Å²) in [6.45, 7) is 7.03. The maximum absolute atomic E-state index is 5.68. The van der Waals surface area contributed by atoms with Gasteiger partial charge in [0.15, 0.2) is 0 Å². The van der Waals surface area contributed by atoms with Gasteiger partial charge in [0.25, 0.3) is 0 Å². The number of unbranched alkanes of at least 4 members (excludes halogenated alkanes) is 1. The molecule has 4 heteroatoms. The van der Waals surface area contributed by atoms with Gasteiger partial charge in [-0.15, -0.1) is 0 Å². The first-order valence-corrected chi connectivity index (χ1v) is 7.82. The fourth-order valence-electron chi connectivity index (χ4n) is 2.15. The van der Waals surface area contributed by atoms with Gasteiger partial charge in [0.2, 0.25) is 0 Å². The molecule has 0 unspecified atom stereocenters. The van der Waals surface area contributed by atoms with Gasteiger partial charge in [0, 0.05) is 18.8 Å². The van der Waals surface area contributed by atoms with Gasteiger partial charge in [-0.05, 0) is 31.5 Å². The van der Waals surface area contributed by atoms with E-state index in [2.05, 4.69) is 41.2 Å². The second kappa shape index (κ2) is 8.47. The van der Waals surface area contributed by atoms with Crippen molar-refractivity contribution in [2.24, 2.45) is 0 Å². The molecule has 0 aliphatic heterocycles. The van der Waals surface area contributed by atoms with Crippen molar-refractivity contribution in [1.29, 1.82) is 0 Å². The fraction of sp³-hybridized carbons (Fsp3) is 0.471. The van der Waals surface area contributed by atoms with Crippen LogP contribution in [0.1, 0.15) is 38.8 Å². The number of hydrogen-bond acceptors (Lipinski definition) is 4. The maximum Gasteiger partial charge on any atom is 0.302 e. The zero-order chi connectivity index (χ0) is 14.9. The van der Waals surface area contributed by atoms with E-state index >= 15 is 0 Å². The van der Waals surface area contributed by atoms with Crippen molar-refractivity contribution in [3.63, 3.8) is 0 Å². The van der Waals surface area contributed by atoms with E-state index in [4.69, 9.17) is 4.42 Å². The third-order valence-corrected chi connectivity index (χ3v) is 3.31. The van der Waals surface area contributed by atoms with Crippen LogP contribution in [0, 0.1) is 0 Å². The summed E-state index contributed by atoms with van der Waals surface area (Å²) < 4.78 is 5.68. The summed E-state index contributed by atoms with van der Waals surface area (Å²) in [6.07, 6.45) is 5.13. The smallest absolute Gasteiger partial charge is 0.302 e. The van der Waals surface area contributed by atoms with Crippen molar-refractivity contribution >= 4 is 11.7 Å². The molecule has 2 aromatic rings. The van der Waals surface area contributed by atoms with E-state index < -0.39 is 0 Å². The molecule has 1 heterocycles. The first-order chi connectivity index (χ1) is 10.3. The monoisotopic (exact) mass is 287 g/mol. The molecule has 0 aliphatic rings. The Morgan fingerprint density at radius 1 is 1.14 bits per heavy atom. The number of oxazole rings is 1. The van der Waals surface area contributed by atoms with Crippen molar-refractivity contribution in [2.45, 2.75) is 39.7 Å². The molecule has 4 nitrogen and oxygen atoms in total. The van der Waals surface area contributed by atoms with Crippen LogP contribution in [0.25, 0.3) is 0 Å². The first kappa shape index (κ1) is 15.6. The fourth-order valence-corrected chi connectivity index (χ4v) is 2.15. The maximum atomic E-state index is 5.68. The van der Waals surface area contributed by atoms with E-state index in [1.54, 1.807) is 6.26 Å². The Labute approximate surface area is 127 Å². The van der Waals surface area contributed by atoms with Crippen molar-refractivity contribution in [3.05, 3.63) is 42.3 Å². The molecule has 1 aromatic carbocycles. The summed E-state index contributed by atoms with van der Waals surface area (Å²) in [6, 6.07) is 11.0. The zero-order valence-electron chi connectivity index (χ0n) is 13.0. The normalized spacial score (nSPS) is 10.8. The Kier molecular flexibility index (Phi) is 6.28. The van der Waals surface area contributed by atoms with E-state index in [0.29, 0.717) is 6.01 Å². The lowest BCUT2D eigenvalue weighted by molar-refractivity contribution is 0.546. The highest BCUT2D eigenvalue weighted by Crippen LogP contribution is 2.24. The van der Waals surface area contributed by atoms with Gasteiger partial charge in [-0.1, -0.05) is 38.5 Å². The average Bonchev–Trinajstić information content (AvgIpc) is 2.98. The van der Waals surface area contributed by atoms with Crippen molar-refractivity contribution < 1.29 is 4.42 Å². The van der Waals surface area contributed by atoms with E-state index in [1.807, 2.05) is 18.2 Å². The van der Waals surface area contributed by atoms with Crippen LogP contribution < -0.4 is 10.2 Å². The molecule has 1 N–H and O–H groups in total. The van der Waals surface area contributed by atoms with Gasteiger partial charge in [-0.2, -0.15) is 4.98 Å². The summed E-state index contributed by atoms with van der Waals surface area (Å²) in [5, 5.41) is 3.35. The SMILES string of the molecule is CCCCN(c1ccccc1)c1nc(CNCCC)co1. The summed E-state index contributed by atoms with van der Waals surface area (Å²) in [5.41, 5.74) is 2.08. The minimum absolute atomic E-state index is 0.683. The molecule has 0 fully saturated rings. The van der Waals surface area contributed by atoms with Crippen LogP contribution in [0.15, 0.2) is 41.0 Å². The highest BCUT2D eigenvalue weighted by molar-refractivity contribution is 5.55. The minimum Gasteiger partial charge on any atom is -0.431 e. The van der Waals surface area contributed by atoms with Gasteiger partial charge in [-0.25, -0.2) is 0 Å². The zero-order valence-corrected chi connectivity index (χ0v) is 13.0. The summed E-state index contributed by atoms with van der Waals surface area (Å²) in [7, 11) is 0. The third-order valence-electron chi connectivity index (χ3n) is 3.31. The first-order valence-electron chi connectivity index (χ1n) is 7.82. The summed E-state index contributed by atoms with van der Waals surface area (Å²) >= 11 is 0. The average molecular weight is 287 g/mol. The number of nitrogens with one attached hydrogen (secondary N) is 1. The standard InChI is InChI=1S/C17H25N3O/c1-3-5-12-20(16-9-7-6-8-10-16)17-19-15(14-21-17)13-18-11-4-2/h6-10,14,18H,3-5,11-13H2,1-2H3. The van der Waals surface area contributed by atoms with Gasteiger partial charge in [0.05, 0.1) is 5.69 Å². The Morgan fingerprint density at radius 2 is 1.95 bits per heavy atom. The summed E-state index contributed by atoms with van der Waals surface area (Å²) in [5.74, 6) is 0. The molecule has 21 heavy (non-hydrogen) atoms. The predicted molar refractivity (Wildman–Crippen MR) is 86.9 cm³/mol. The van der Waals surface area contributed by atoms with Crippen LogP contribution in [-0.4, -0.2) is 18.1 Å². The van der Waals surface area contributed by atoms with E-state index in [1.165, 1.54) is 0 Å². The molecule has 0 atom stereocenters. The molecule has 0 bridgehead atoms. The van der Waals surface area contributed by atoms with Crippen molar-refractivity contribution in [2.75, 3.05) is 18.0 Å². The largest absolute Gasteiger partial charge is 0.431 e. The number of nitrogens with zero attached hydrogens (tertiary/aromatic N) is 2. The topological polar surface area (TPSA) is 41.3 Å². The minimum atomic E-state index is 0.683. The molecule has 0 aliphatic carbocycles. The molecule has 114 valence electrons. The highest BCUT2D eigenvalue weighted by atomic mass is 16.4. The Balaban J connectivity index is 2.09. The van der Waals surface area contributed by atoms with Gasteiger partial charge >= 0.3 is 6.01 Å². The number of aromatic nitrogens is 1. The Bertz CT molecular complexity index is 510. The third kappa shape index (κ3) is 4.60. The number of anilines is 2. The van der Waals surface area contributed by atoms with Crippen molar-refractivity contribution in [1.82, 2.24) is 10.3 Å². The molecule has 0 spiro atoms. The van der Waals surface area contributed by atoms with Gasteiger partial charge in [0.1, 0.15) is 6.26 Å². The lowest BCUT2D eigenvalue weighted by atomic mass is 10.2. The van der Waals surface area contributed by atoms with Crippen LogP contribution >= 0.6 is 0 Å². The molecule has 0 saturated carbocycles. The number of hydrogen-bond donors (Lipinski definition) is 1. The molecular weight excluding hydrogens is 262 g/mol. The lowest BCUT2D eigenvalue weighted by Crippen LogP contribution is -2.19. The quantitative estimate of drug-likeness (QED) is 0.705. The van der Waals surface area contributed by atoms with Gasteiger partial charge < -0.3 is 9.73 Å². The predicted octanol–water partition coefficient (Wildman–Crippen LogP) is 4.11. The highest BCUT2D eigenvalue weighted by Gasteiger charge is 2.14. The summed E-state index contributed by atoms with van der Waals surface area (Å²) in [4.78, 5) is 6.75. The molecular formula is C17H25N3O. The van der Waals surface area contributed by atoms with Crippen LogP contribution in [0.2, 0.25) is 0 Å². The molecule has 1 aromatic heterocycles. The van der Waals surface area contributed by atoms with Crippen LogP contribution in [0.4, 0.5) is 11.7 Å². The lowest BCUT2D eigenvalue weighted by Gasteiger charge is -2.20. The van der Waals surface area contributed by atoms with E-state index in [0.717, 1.165) is 50.3 Å². The van der Waals surface area contributed by atoms with E-state index in [-0.39, 0.29) is 0 Å². The van der Waals surface area contributed by atoms with Gasteiger partial charge in [-0.3, -0.25) is 4.90 Å². The van der Waals surface area contributed by atoms with Crippen LogP contribution in [0.5, 0.6) is 0 Å². The number of benzene rings is 1. The molecule has 0 radical (unpaired) electrons. The van der Waals surface area contributed by atoms with Crippen LogP contribution in [0.3, 0.4) is 0 Å². The second-order valence-electron chi connectivity index (χ2n) is 5.14. The Morgan fingerprint density at radius 3 is 2.67 bits per heavy atom. The second-order valence-corrected chi connectivity index (χ2v) is 5.14. The number of para-hydroxylation sites is 1. The molecule has 0 amide bonds. The van der Waals surface area contributed by atoms with Crippen molar-refractivity contribution in [3.8, 4) is 0 Å². The molecule has 2 rings (SSSR count). The molecule has 0 saturated heterocycles. The number of rotatable bonds is 9. The van der Waals surface area contributed by atoms with Crippen LogP contribution in [-0.2, 0) is 6.54 Å². The Hall–Kier alpha value is -1.81. The van der Waals surface area contributed by atoms with E-state index in [9.17, 15) is 0 Å².